The molecule has 19 heavy (non-hydrogen) atoms. The first kappa shape index (κ1) is 13.4. The molecule has 0 atom stereocenters. The van der Waals surface area contributed by atoms with Crippen molar-refractivity contribution in [3.8, 4) is 11.4 Å². The summed E-state index contributed by atoms with van der Waals surface area (Å²) in [5, 5.41) is 8.64. The number of aliphatic hydroxyl groups excluding tert-OH is 1. The number of nitrogens with zero attached hydrogens (tertiary/aromatic N) is 2. The summed E-state index contributed by atoms with van der Waals surface area (Å²) >= 11 is 0. The van der Waals surface area contributed by atoms with E-state index in [4.69, 9.17) is 5.11 Å². The van der Waals surface area contributed by atoms with Gasteiger partial charge in [-0.15, -0.1) is 0 Å². The Bertz CT molecular complexity index is 562. The van der Waals surface area contributed by atoms with Crippen LogP contribution >= 0.6 is 0 Å². The summed E-state index contributed by atoms with van der Waals surface area (Å²) in [4.78, 5) is 8.54. The number of aryl methyl sites for hydroxylation is 1. The topological polar surface area (TPSA) is 46.0 Å². The van der Waals surface area contributed by atoms with Gasteiger partial charge in [-0.25, -0.2) is 14.4 Å². The van der Waals surface area contributed by atoms with Crippen LogP contribution in [0.4, 0.5) is 4.39 Å². The molecular formula is C15H15FN2O. The van der Waals surface area contributed by atoms with E-state index < -0.39 is 5.83 Å². The van der Waals surface area contributed by atoms with Crippen molar-refractivity contribution in [1.29, 1.82) is 0 Å². The normalized spacial score (nSPS) is 11.6. The van der Waals surface area contributed by atoms with Crippen molar-refractivity contribution in [2.45, 2.75) is 13.3 Å². The Labute approximate surface area is 111 Å². The van der Waals surface area contributed by atoms with Crippen molar-refractivity contribution in [2.75, 3.05) is 6.61 Å². The van der Waals surface area contributed by atoms with Gasteiger partial charge < -0.3 is 5.11 Å². The van der Waals surface area contributed by atoms with Gasteiger partial charge in [0.15, 0.2) is 5.82 Å². The Morgan fingerprint density at radius 2 is 1.84 bits per heavy atom. The van der Waals surface area contributed by atoms with Crippen molar-refractivity contribution in [1.82, 2.24) is 9.97 Å². The molecule has 1 aromatic carbocycles. The van der Waals surface area contributed by atoms with E-state index in [0.29, 0.717) is 11.4 Å². The molecule has 0 spiro atoms. The molecule has 98 valence electrons. The molecule has 0 aliphatic heterocycles. The average molecular weight is 258 g/mol. The minimum Gasteiger partial charge on any atom is -0.392 e. The molecule has 1 aromatic heterocycles. The van der Waals surface area contributed by atoms with Crippen molar-refractivity contribution in [2.24, 2.45) is 0 Å². The third-order valence-corrected chi connectivity index (χ3v) is 2.80. The van der Waals surface area contributed by atoms with E-state index in [2.05, 4.69) is 9.97 Å². The molecule has 1 N–H and O–H groups in total. The van der Waals surface area contributed by atoms with Crippen LogP contribution in [0.3, 0.4) is 0 Å². The van der Waals surface area contributed by atoms with Crippen LogP contribution in [0, 0.1) is 0 Å². The Balaban J connectivity index is 2.24. The van der Waals surface area contributed by atoms with Gasteiger partial charge in [0, 0.05) is 23.5 Å². The standard InChI is InChI=1S/C15H15FN2O/c1-2-11-9-17-15(18-10-11)13-5-3-12(4-6-13)14(16)7-8-19/h3-7,9-10,19H,2,8H2,1H3/b14-7-. The minimum absolute atomic E-state index is 0.310. The SMILES string of the molecule is CCc1cnc(-c2ccc(/C(F)=C/CO)cc2)nc1. The van der Waals surface area contributed by atoms with E-state index in [0.717, 1.165) is 23.6 Å². The lowest BCUT2D eigenvalue weighted by Gasteiger charge is -2.03. The second-order valence-corrected chi connectivity index (χ2v) is 4.08. The van der Waals surface area contributed by atoms with Crippen LogP contribution in [-0.4, -0.2) is 21.7 Å². The summed E-state index contributed by atoms with van der Waals surface area (Å²) in [5.41, 5.74) is 2.35. The quantitative estimate of drug-likeness (QED) is 0.917. The molecule has 0 saturated heterocycles. The van der Waals surface area contributed by atoms with Crippen LogP contribution in [0.15, 0.2) is 42.7 Å². The summed E-state index contributed by atoms with van der Waals surface area (Å²) in [5.74, 6) is 0.187. The number of rotatable bonds is 4. The summed E-state index contributed by atoms with van der Waals surface area (Å²) in [7, 11) is 0. The molecule has 2 aromatic rings. The number of halogens is 1. The Morgan fingerprint density at radius 3 is 2.37 bits per heavy atom. The van der Waals surface area contributed by atoms with Crippen LogP contribution in [0.1, 0.15) is 18.1 Å². The van der Waals surface area contributed by atoms with Crippen molar-refractivity contribution < 1.29 is 9.50 Å². The van der Waals surface area contributed by atoms with Crippen LogP contribution < -0.4 is 0 Å². The van der Waals surface area contributed by atoms with Gasteiger partial charge in [-0.1, -0.05) is 31.2 Å². The van der Waals surface area contributed by atoms with E-state index >= 15 is 0 Å². The lowest BCUT2D eigenvalue weighted by Crippen LogP contribution is -1.91. The molecule has 0 amide bonds. The number of benzene rings is 1. The second kappa shape index (κ2) is 6.20. The van der Waals surface area contributed by atoms with Gasteiger partial charge in [-0.05, 0) is 18.1 Å². The zero-order valence-corrected chi connectivity index (χ0v) is 10.7. The maximum atomic E-state index is 13.4. The fourth-order valence-electron chi connectivity index (χ4n) is 1.66. The zero-order valence-electron chi connectivity index (χ0n) is 10.7. The maximum Gasteiger partial charge on any atom is 0.159 e. The first-order chi connectivity index (χ1) is 9.24. The van der Waals surface area contributed by atoms with Crippen LogP contribution in [0.2, 0.25) is 0 Å². The number of hydrogen-bond donors (Lipinski definition) is 1. The molecule has 0 aliphatic rings. The first-order valence-electron chi connectivity index (χ1n) is 6.13. The van der Waals surface area contributed by atoms with Crippen LogP contribution in [0.25, 0.3) is 17.2 Å². The minimum atomic E-state index is -0.434. The highest BCUT2D eigenvalue weighted by Gasteiger charge is 2.03. The van der Waals surface area contributed by atoms with Gasteiger partial charge in [0.2, 0.25) is 0 Å². The van der Waals surface area contributed by atoms with Gasteiger partial charge in [0.25, 0.3) is 0 Å². The van der Waals surface area contributed by atoms with E-state index in [-0.39, 0.29) is 6.61 Å². The number of aliphatic hydroxyl groups is 1. The predicted octanol–water partition coefficient (Wildman–Crippen LogP) is 3.01. The molecule has 3 nitrogen and oxygen atoms in total. The molecule has 0 saturated carbocycles. The fourth-order valence-corrected chi connectivity index (χ4v) is 1.66. The summed E-state index contributed by atoms with van der Waals surface area (Å²) in [6.45, 7) is 1.73. The fraction of sp³-hybridized carbons (Fsp3) is 0.200. The third kappa shape index (κ3) is 3.23. The number of hydrogen-bond acceptors (Lipinski definition) is 3. The molecule has 0 bridgehead atoms. The lowest BCUT2D eigenvalue weighted by atomic mass is 10.1. The average Bonchev–Trinajstić information content (AvgIpc) is 2.48. The van der Waals surface area contributed by atoms with E-state index in [1.165, 1.54) is 0 Å². The molecule has 4 heteroatoms. The van der Waals surface area contributed by atoms with E-state index in [1.54, 1.807) is 36.7 Å². The highest BCUT2D eigenvalue weighted by Crippen LogP contribution is 2.20. The van der Waals surface area contributed by atoms with E-state index in [1.807, 2.05) is 6.92 Å². The Hall–Kier alpha value is -2.07. The monoisotopic (exact) mass is 258 g/mol. The smallest absolute Gasteiger partial charge is 0.159 e. The largest absolute Gasteiger partial charge is 0.392 e. The first-order valence-corrected chi connectivity index (χ1v) is 6.13. The Morgan fingerprint density at radius 1 is 1.21 bits per heavy atom. The highest BCUT2D eigenvalue weighted by molar-refractivity contribution is 5.63. The van der Waals surface area contributed by atoms with Crippen LogP contribution in [-0.2, 0) is 6.42 Å². The van der Waals surface area contributed by atoms with Crippen molar-refractivity contribution in [3.05, 3.63) is 53.9 Å². The molecule has 0 fully saturated rings. The Kier molecular flexibility index (Phi) is 4.36. The van der Waals surface area contributed by atoms with Crippen LogP contribution in [0.5, 0.6) is 0 Å². The predicted molar refractivity (Wildman–Crippen MR) is 73.0 cm³/mol. The second-order valence-electron chi connectivity index (χ2n) is 4.08. The molecule has 1 heterocycles. The zero-order chi connectivity index (χ0) is 13.7. The van der Waals surface area contributed by atoms with E-state index in [9.17, 15) is 4.39 Å². The summed E-state index contributed by atoms with van der Waals surface area (Å²) in [6.07, 6.45) is 5.61. The van der Waals surface area contributed by atoms with Gasteiger partial charge in [0.1, 0.15) is 5.83 Å². The van der Waals surface area contributed by atoms with Crippen molar-refractivity contribution >= 4 is 5.83 Å². The third-order valence-electron chi connectivity index (χ3n) is 2.80. The highest BCUT2D eigenvalue weighted by atomic mass is 19.1. The molecule has 0 radical (unpaired) electrons. The molecule has 0 unspecified atom stereocenters. The molecular weight excluding hydrogens is 243 g/mol. The molecule has 0 aliphatic carbocycles. The van der Waals surface area contributed by atoms with Gasteiger partial charge >= 0.3 is 0 Å². The maximum absolute atomic E-state index is 13.4. The summed E-state index contributed by atoms with van der Waals surface area (Å²) < 4.78 is 13.4. The van der Waals surface area contributed by atoms with Crippen molar-refractivity contribution in [3.63, 3.8) is 0 Å². The van der Waals surface area contributed by atoms with Gasteiger partial charge in [-0.2, -0.15) is 0 Å². The van der Waals surface area contributed by atoms with Gasteiger partial charge in [-0.3, -0.25) is 0 Å². The lowest BCUT2D eigenvalue weighted by molar-refractivity contribution is 0.342. The molecule has 2 rings (SSSR count). The number of aromatic nitrogens is 2. The van der Waals surface area contributed by atoms with Gasteiger partial charge in [0.05, 0.1) is 6.61 Å². The summed E-state index contributed by atoms with van der Waals surface area (Å²) in [6, 6.07) is 6.82.